The molecular formula is C17H34N4. The Morgan fingerprint density at radius 1 is 1.19 bits per heavy atom. The zero-order valence-corrected chi connectivity index (χ0v) is 14.5. The Labute approximate surface area is 131 Å². The molecule has 0 aromatic carbocycles. The van der Waals surface area contributed by atoms with Crippen LogP contribution in [0.15, 0.2) is 0 Å². The van der Waals surface area contributed by atoms with Crippen molar-refractivity contribution in [3.05, 3.63) is 0 Å². The van der Waals surface area contributed by atoms with E-state index in [0.29, 0.717) is 6.04 Å². The lowest BCUT2D eigenvalue weighted by Gasteiger charge is -2.37. The zero-order valence-electron chi connectivity index (χ0n) is 14.5. The highest BCUT2D eigenvalue weighted by Crippen LogP contribution is 2.14. The number of rotatable bonds is 9. The molecule has 1 aliphatic heterocycles. The van der Waals surface area contributed by atoms with Gasteiger partial charge in [0.05, 0.1) is 6.07 Å². The maximum atomic E-state index is 9.31. The topological polar surface area (TPSA) is 42.3 Å². The number of nitriles is 1. The summed E-state index contributed by atoms with van der Waals surface area (Å²) < 4.78 is 0. The highest BCUT2D eigenvalue weighted by atomic mass is 15.3. The smallest absolute Gasteiger partial charge is 0.103 e. The number of piperazine rings is 1. The van der Waals surface area contributed by atoms with Gasteiger partial charge in [-0.1, -0.05) is 6.92 Å². The summed E-state index contributed by atoms with van der Waals surface area (Å²) in [6.07, 6.45) is 4.37. The molecule has 0 spiro atoms. The van der Waals surface area contributed by atoms with Crippen LogP contribution in [0.2, 0.25) is 0 Å². The summed E-state index contributed by atoms with van der Waals surface area (Å²) in [5.41, 5.74) is -0.341. The van der Waals surface area contributed by atoms with Crippen molar-refractivity contribution in [2.45, 2.75) is 65.0 Å². The van der Waals surface area contributed by atoms with E-state index in [4.69, 9.17) is 0 Å². The van der Waals surface area contributed by atoms with Crippen molar-refractivity contribution >= 4 is 0 Å². The van der Waals surface area contributed by atoms with Gasteiger partial charge in [-0.2, -0.15) is 5.26 Å². The molecule has 0 amide bonds. The summed E-state index contributed by atoms with van der Waals surface area (Å²) >= 11 is 0. The highest BCUT2D eigenvalue weighted by molar-refractivity contribution is 5.03. The molecule has 0 aromatic heterocycles. The third kappa shape index (κ3) is 6.78. The van der Waals surface area contributed by atoms with Crippen LogP contribution in [-0.2, 0) is 0 Å². The Kier molecular flexibility index (Phi) is 8.24. The van der Waals surface area contributed by atoms with Gasteiger partial charge in [0, 0.05) is 32.2 Å². The van der Waals surface area contributed by atoms with Gasteiger partial charge in [0.2, 0.25) is 0 Å². The summed E-state index contributed by atoms with van der Waals surface area (Å²) in [6, 6.07) is 3.11. The third-order valence-electron chi connectivity index (χ3n) is 4.55. The Hall–Kier alpha value is -0.630. The van der Waals surface area contributed by atoms with Crippen molar-refractivity contribution in [2.75, 3.05) is 39.3 Å². The average Bonchev–Trinajstić information content (AvgIpc) is 2.50. The van der Waals surface area contributed by atoms with Gasteiger partial charge in [-0.15, -0.1) is 0 Å². The standard InChI is InChI=1S/C17H34N4/c1-5-9-19-17(4,15-18)8-6-7-10-20-11-13-21(14-12-20)16(2)3/h16,19H,5-14H2,1-4H3. The first-order valence-electron chi connectivity index (χ1n) is 8.63. The molecule has 0 aromatic rings. The molecule has 0 saturated carbocycles. The van der Waals surface area contributed by atoms with Crippen LogP contribution in [0.25, 0.3) is 0 Å². The lowest BCUT2D eigenvalue weighted by molar-refractivity contribution is 0.107. The van der Waals surface area contributed by atoms with E-state index in [1.54, 1.807) is 0 Å². The van der Waals surface area contributed by atoms with Gasteiger partial charge in [-0.3, -0.25) is 10.2 Å². The van der Waals surface area contributed by atoms with Crippen LogP contribution in [0.5, 0.6) is 0 Å². The first-order chi connectivity index (χ1) is 10.0. The quantitative estimate of drug-likeness (QED) is 0.663. The number of unbranched alkanes of at least 4 members (excludes halogenated alkanes) is 1. The van der Waals surface area contributed by atoms with Crippen LogP contribution < -0.4 is 5.32 Å². The molecule has 1 N–H and O–H groups in total. The maximum absolute atomic E-state index is 9.31. The average molecular weight is 294 g/mol. The van der Waals surface area contributed by atoms with E-state index in [-0.39, 0.29) is 5.54 Å². The van der Waals surface area contributed by atoms with Crippen LogP contribution in [0.1, 0.15) is 53.4 Å². The van der Waals surface area contributed by atoms with Crippen LogP contribution in [0, 0.1) is 11.3 Å². The fourth-order valence-corrected chi connectivity index (χ4v) is 2.90. The predicted molar refractivity (Wildman–Crippen MR) is 89.3 cm³/mol. The molecular weight excluding hydrogens is 260 g/mol. The second-order valence-corrected chi connectivity index (χ2v) is 6.80. The molecule has 1 atom stereocenters. The summed E-state index contributed by atoms with van der Waals surface area (Å²) in [5.74, 6) is 0. The van der Waals surface area contributed by atoms with E-state index < -0.39 is 0 Å². The number of hydrogen-bond acceptors (Lipinski definition) is 4. The van der Waals surface area contributed by atoms with E-state index in [1.165, 1.54) is 39.1 Å². The lowest BCUT2D eigenvalue weighted by atomic mass is 9.96. The molecule has 4 heteroatoms. The molecule has 4 nitrogen and oxygen atoms in total. The number of hydrogen-bond donors (Lipinski definition) is 1. The van der Waals surface area contributed by atoms with E-state index in [9.17, 15) is 5.26 Å². The molecule has 122 valence electrons. The highest BCUT2D eigenvalue weighted by Gasteiger charge is 2.22. The van der Waals surface area contributed by atoms with Crippen LogP contribution in [-0.4, -0.2) is 60.6 Å². The monoisotopic (exact) mass is 294 g/mol. The summed E-state index contributed by atoms with van der Waals surface area (Å²) in [5, 5.41) is 12.7. The van der Waals surface area contributed by atoms with E-state index >= 15 is 0 Å². The molecule has 1 unspecified atom stereocenters. The second kappa shape index (κ2) is 9.40. The Morgan fingerprint density at radius 3 is 2.38 bits per heavy atom. The summed E-state index contributed by atoms with van der Waals surface area (Å²) in [7, 11) is 0. The van der Waals surface area contributed by atoms with Gasteiger partial charge in [-0.25, -0.2) is 0 Å². The van der Waals surface area contributed by atoms with Crippen LogP contribution in [0.4, 0.5) is 0 Å². The van der Waals surface area contributed by atoms with E-state index in [1.807, 2.05) is 6.92 Å². The van der Waals surface area contributed by atoms with Crippen molar-refractivity contribution in [1.82, 2.24) is 15.1 Å². The minimum Gasteiger partial charge on any atom is -0.301 e. The summed E-state index contributed by atoms with van der Waals surface area (Å²) in [6.45, 7) is 15.6. The maximum Gasteiger partial charge on any atom is 0.103 e. The van der Waals surface area contributed by atoms with Crippen molar-refractivity contribution < 1.29 is 0 Å². The lowest BCUT2D eigenvalue weighted by Crippen LogP contribution is -2.49. The van der Waals surface area contributed by atoms with Gasteiger partial charge in [0.25, 0.3) is 0 Å². The fourth-order valence-electron chi connectivity index (χ4n) is 2.90. The van der Waals surface area contributed by atoms with Gasteiger partial charge >= 0.3 is 0 Å². The molecule has 0 aliphatic carbocycles. The Balaban J connectivity index is 2.15. The normalized spacial score (nSPS) is 20.4. The minimum atomic E-state index is -0.341. The molecule has 1 aliphatic rings. The molecule has 1 heterocycles. The van der Waals surface area contributed by atoms with Gasteiger partial charge in [0.15, 0.2) is 0 Å². The number of nitrogens with one attached hydrogen (secondary N) is 1. The third-order valence-corrected chi connectivity index (χ3v) is 4.55. The second-order valence-electron chi connectivity index (χ2n) is 6.80. The summed E-state index contributed by atoms with van der Waals surface area (Å²) in [4.78, 5) is 5.12. The number of nitrogens with zero attached hydrogens (tertiary/aromatic N) is 3. The van der Waals surface area contributed by atoms with Crippen molar-refractivity contribution in [1.29, 1.82) is 5.26 Å². The van der Waals surface area contributed by atoms with Gasteiger partial charge in [0.1, 0.15) is 5.54 Å². The van der Waals surface area contributed by atoms with E-state index in [2.05, 4.69) is 42.0 Å². The molecule has 1 saturated heterocycles. The first kappa shape index (κ1) is 18.4. The SMILES string of the molecule is CCCNC(C)(C#N)CCCCN1CCN(C(C)C)CC1. The molecule has 0 radical (unpaired) electrons. The minimum absolute atomic E-state index is 0.341. The first-order valence-corrected chi connectivity index (χ1v) is 8.63. The van der Waals surface area contributed by atoms with Gasteiger partial charge in [-0.05, 0) is 59.5 Å². The van der Waals surface area contributed by atoms with Crippen molar-refractivity contribution in [3.63, 3.8) is 0 Å². The van der Waals surface area contributed by atoms with E-state index in [0.717, 1.165) is 25.8 Å². The van der Waals surface area contributed by atoms with Crippen LogP contribution in [0.3, 0.4) is 0 Å². The largest absolute Gasteiger partial charge is 0.301 e. The predicted octanol–water partition coefficient (Wildman–Crippen LogP) is 2.46. The van der Waals surface area contributed by atoms with Gasteiger partial charge < -0.3 is 4.90 Å². The molecule has 1 fully saturated rings. The van der Waals surface area contributed by atoms with Crippen molar-refractivity contribution in [2.24, 2.45) is 0 Å². The molecule has 0 bridgehead atoms. The Bertz CT molecular complexity index is 315. The Morgan fingerprint density at radius 2 is 1.86 bits per heavy atom. The molecule has 1 rings (SSSR count). The fraction of sp³-hybridized carbons (Fsp3) is 0.941. The van der Waals surface area contributed by atoms with Crippen LogP contribution >= 0.6 is 0 Å². The zero-order chi connectivity index (χ0) is 15.7. The molecule has 21 heavy (non-hydrogen) atoms. The van der Waals surface area contributed by atoms with Crippen molar-refractivity contribution in [3.8, 4) is 6.07 Å².